The fourth-order valence-corrected chi connectivity index (χ4v) is 2.30. The Bertz CT molecular complexity index is 858. The lowest BCUT2D eigenvalue weighted by Crippen LogP contribution is -2.43. The van der Waals surface area contributed by atoms with E-state index in [1.807, 2.05) is 5.32 Å². The van der Waals surface area contributed by atoms with E-state index in [4.69, 9.17) is 5.11 Å². The summed E-state index contributed by atoms with van der Waals surface area (Å²) < 4.78 is 78.3. The molecule has 0 radical (unpaired) electrons. The van der Waals surface area contributed by atoms with Crippen LogP contribution >= 0.6 is 0 Å². The summed E-state index contributed by atoms with van der Waals surface area (Å²) in [5, 5.41) is 11.0. The van der Waals surface area contributed by atoms with Gasteiger partial charge in [0.1, 0.15) is 29.1 Å². The van der Waals surface area contributed by atoms with Gasteiger partial charge in [-0.1, -0.05) is 18.2 Å². The van der Waals surface area contributed by atoms with Crippen LogP contribution in [0.3, 0.4) is 0 Å². The van der Waals surface area contributed by atoms with Crippen LogP contribution in [-0.2, 0) is 17.4 Å². The largest absolute Gasteiger partial charge is 0.480 e. The van der Waals surface area contributed by atoms with Crippen LogP contribution in [-0.4, -0.2) is 23.0 Å². The molecule has 4 nitrogen and oxygen atoms in total. The number of carbonyl (C=O) groups is 2. The van der Waals surface area contributed by atoms with Gasteiger partial charge in [-0.3, -0.25) is 4.79 Å². The molecule has 0 fully saturated rings. The monoisotopic (exact) mass is 391 g/mol. The molecule has 0 unspecified atom stereocenters. The third-order valence-corrected chi connectivity index (χ3v) is 3.53. The first-order valence-corrected chi connectivity index (χ1v) is 7.33. The number of carboxylic acids is 1. The van der Waals surface area contributed by atoms with Crippen LogP contribution in [0.2, 0.25) is 0 Å². The van der Waals surface area contributed by atoms with Gasteiger partial charge in [0.25, 0.3) is 5.91 Å². The molecule has 144 valence electrons. The van der Waals surface area contributed by atoms with Crippen molar-refractivity contribution in [2.24, 2.45) is 0 Å². The van der Waals surface area contributed by atoms with E-state index in [1.165, 1.54) is 6.07 Å². The Hall–Kier alpha value is -3.04. The Morgan fingerprint density at radius 3 is 2.15 bits per heavy atom. The molecule has 0 aliphatic heterocycles. The van der Waals surface area contributed by atoms with Crippen molar-refractivity contribution in [2.45, 2.75) is 18.6 Å². The van der Waals surface area contributed by atoms with Gasteiger partial charge in [0.2, 0.25) is 0 Å². The van der Waals surface area contributed by atoms with Crippen LogP contribution in [0.1, 0.15) is 21.5 Å². The predicted molar refractivity (Wildman–Crippen MR) is 80.4 cm³/mol. The standard InChI is InChI=1S/C17H11F6NO3/c18-10-6-11(19)14(12(20)7-10)15(25)24-13(16(26)27)5-8-2-1-3-9(4-8)17(21,22)23/h1-4,6-7,13H,5H2,(H,24,25)(H,26,27)/t13-/m1/s1. The highest BCUT2D eigenvalue weighted by atomic mass is 19.4. The number of nitrogens with one attached hydrogen (secondary N) is 1. The molecule has 0 spiro atoms. The summed E-state index contributed by atoms with van der Waals surface area (Å²) in [6.45, 7) is 0. The first kappa shape index (κ1) is 20.3. The lowest BCUT2D eigenvalue weighted by atomic mass is 10.0. The van der Waals surface area contributed by atoms with E-state index in [0.717, 1.165) is 12.1 Å². The molecule has 0 bridgehead atoms. The molecule has 1 amide bonds. The topological polar surface area (TPSA) is 66.4 Å². The van der Waals surface area contributed by atoms with Gasteiger partial charge in [-0.05, 0) is 11.6 Å². The summed E-state index contributed by atoms with van der Waals surface area (Å²) in [6, 6.07) is 2.43. The highest BCUT2D eigenvalue weighted by molar-refractivity contribution is 5.97. The number of hydrogen-bond acceptors (Lipinski definition) is 2. The fourth-order valence-electron chi connectivity index (χ4n) is 2.30. The fraction of sp³-hybridized carbons (Fsp3) is 0.176. The maximum atomic E-state index is 13.6. The summed E-state index contributed by atoms with van der Waals surface area (Å²) >= 11 is 0. The molecule has 2 aromatic rings. The van der Waals surface area contributed by atoms with Crippen molar-refractivity contribution in [3.63, 3.8) is 0 Å². The van der Waals surface area contributed by atoms with Crippen LogP contribution in [0.5, 0.6) is 0 Å². The molecule has 0 heterocycles. The molecule has 10 heteroatoms. The zero-order valence-electron chi connectivity index (χ0n) is 13.3. The first-order chi connectivity index (χ1) is 12.5. The van der Waals surface area contributed by atoms with Crippen molar-refractivity contribution in [1.29, 1.82) is 0 Å². The molecule has 0 aliphatic rings. The van der Waals surface area contributed by atoms with Gasteiger partial charge in [-0.25, -0.2) is 18.0 Å². The maximum Gasteiger partial charge on any atom is 0.416 e. The van der Waals surface area contributed by atoms with Crippen LogP contribution in [0.4, 0.5) is 26.3 Å². The minimum absolute atomic E-state index is 0.0717. The number of alkyl halides is 3. The zero-order valence-corrected chi connectivity index (χ0v) is 13.3. The molecule has 2 N–H and O–H groups in total. The average Bonchev–Trinajstić information content (AvgIpc) is 2.52. The van der Waals surface area contributed by atoms with E-state index >= 15 is 0 Å². The number of carboxylic acid groups (broad SMARTS) is 1. The lowest BCUT2D eigenvalue weighted by Gasteiger charge is -2.16. The summed E-state index contributed by atoms with van der Waals surface area (Å²) in [6.07, 6.45) is -5.23. The summed E-state index contributed by atoms with van der Waals surface area (Å²) in [7, 11) is 0. The lowest BCUT2D eigenvalue weighted by molar-refractivity contribution is -0.139. The van der Waals surface area contributed by atoms with Crippen molar-refractivity contribution in [1.82, 2.24) is 5.32 Å². The minimum Gasteiger partial charge on any atom is -0.480 e. The minimum atomic E-state index is -4.65. The number of carbonyl (C=O) groups excluding carboxylic acids is 1. The number of benzene rings is 2. The van der Waals surface area contributed by atoms with Gasteiger partial charge >= 0.3 is 12.1 Å². The third-order valence-electron chi connectivity index (χ3n) is 3.53. The zero-order chi connectivity index (χ0) is 20.4. The molecule has 0 aromatic heterocycles. The van der Waals surface area contributed by atoms with E-state index in [9.17, 15) is 35.9 Å². The van der Waals surface area contributed by atoms with E-state index in [0.29, 0.717) is 6.07 Å². The van der Waals surface area contributed by atoms with Gasteiger partial charge in [-0.15, -0.1) is 0 Å². The van der Waals surface area contributed by atoms with Crippen molar-refractivity contribution >= 4 is 11.9 Å². The molecule has 27 heavy (non-hydrogen) atoms. The Kier molecular flexibility index (Phi) is 5.77. The second-order valence-corrected chi connectivity index (χ2v) is 5.51. The highest BCUT2D eigenvalue weighted by Crippen LogP contribution is 2.29. The molecule has 2 aromatic carbocycles. The second kappa shape index (κ2) is 7.68. The smallest absolute Gasteiger partial charge is 0.416 e. The van der Waals surface area contributed by atoms with Gasteiger partial charge in [0.05, 0.1) is 5.56 Å². The van der Waals surface area contributed by atoms with Crippen LogP contribution in [0.25, 0.3) is 0 Å². The Labute approximate surface area is 148 Å². The normalized spacial score (nSPS) is 12.5. The summed E-state index contributed by atoms with van der Waals surface area (Å²) in [5.41, 5.74) is -2.30. The van der Waals surface area contributed by atoms with E-state index in [1.54, 1.807) is 0 Å². The van der Waals surface area contributed by atoms with Gasteiger partial charge in [-0.2, -0.15) is 13.2 Å². The highest BCUT2D eigenvalue weighted by Gasteiger charge is 2.31. The number of halogens is 6. The van der Waals surface area contributed by atoms with Crippen LogP contribution in [0, 0.1) is 17.5 Å². The quantitative estimate of drug-likeness (QED) is 0.767. The molecule has 2 rings (SSSR count). The van der Waals surface area contributed by atoms with Crippen molar-refractivity contribution in [2.75, 3.05) is 0 Å². The molecule has 0 saturated carbocycles. The van der Waals surface area contributed by atoms with Gasteiger partial charge in [0.15, 0.2) is 0 Å². The first-order valence-electron chi connectivity index (χ1n) is 7.33. The number of hydrogen-bond donors (Lipinski definition) is 2. The molecule has 0 aliphatic carbocycles. The van der Waals surface area contributed by atoms with Crippen LogP contribution in [0.15, 0.2) is 36.4 Å². The van der Waals surface area contributed by atoms with Gasteiger partial charge < -0.3 is 10.4 Å². The SMILES string of the molecule is O=C(N[C@H](Cc1cccc(C(F)(F)F)c1)C(=O)O)c1c(F)cc(F)cc1F. The molecule has 1 atom stereocenters. The number of rotatable bonds is 5. The second-order valence-electron chi connectivity index (χ2n) is 5.51. The predicted octanol–water partition coefficient (Wildman–Crippen LogP) is 3.55. The van der Waals surface area contributed by atoms with Gasteiger partial charge in [0, 0.05) is 18.6 Å². The maximum absolute atomic E-state index is 13.6. The number of aliphatic carboxylic acids is 1. The van der Waals surface area contributed by atoms with Crippen molar-refractivity contribution < 1.29 is 41.0 Å². The van der Waals surface area contributed by atoms with Crippen LogP contribution < -0.4 is 5.32 Å². The van der Waals surface area contributed by atoms with E-state index < -0.39 is 59.1 Å². The number of amides is 1. The molecular formula is C17H11F6NO3. The van der Waals surface area contributed by atoms with Crippen molar-refractivity contribution in [3.8, 4) is 0 Å². The van der Waals surface area contributed by atoms with E-state index in [-0.39, 0.29) is 17.7 Å². The summed E-state index contributed by atoms with van der Waals surface area (Å²) in [5.74, 6) is -7.49. The Morgan fingerprint density at radius 1 is 1.04 bits per heavy atom. The van der Waals surface area contributed by atoms with Crippen molar-refractivity contribution in [3.05, 3.63) is 70.5 Å². The molecule has 0 saturated heterocycles. The molecular weight excluding hydrogens is 380 g/mol. The Morgan fingerprint density at radius 2 is 1.63 bits per heavy atom. The summed E-state index contributed by atoms with van der Waals surface area (Å²) in [4.78, 5) is 23.3. The van der Waals surface area contributed by atoms with E-state index in [2.05, 4.69) is 0 Å². The Balaban J connectivity index is 2.25. The third kappa shape index (κ3) is 4.99. The average molecular weight is 391 g/mol.